The first-order chi connectivity index (χ1) is 16.3. The summed E-state index contributed by atoms with van der Waals surface area (Å²) in [5, 5.41) is 3.68. The largest absolute Gasteiger partial charge is 0.378 e. The van der Waals surface area contributed by atoms with Gasteiger partial charge in [0, 0.05) is 38.4 Å². The molecule has 0 bridgehead atoms. The van der Waals surface area contributed by atoms with Gasteiger partial charge in [0.2, 0.25) is 15.9 Å². The number of morpholine rings is 1. The van der Waals surface area contributed by atoms with Crippen LogP contribution in [0.25, 0.3) is 0 Å². The molecule has 1 N–H and O–H groups in total. The molecule has 10 heteroatoms. The van der Waals surface area contributed by atoms with Crippen LogP contribution in [-0.4, -0.2) is 58.0 Å². The molecule has 2 heterocycles. The average Bonchev–Trinajstić information content (AvgIpc) is 2.85. The Morgan fingerprint density at radius 2 is 1.71 bits per heavy atom. The number of amides is 1. The Morgan fingerprint density at radius 3 is 2.41 bits per heavy atom. The van der Waals surface area contributed by atoms with E-state index in [1.54, 1.807) is 18.2 Å². The topological polar surface area (TPSA) is 79.0 Å². The van der Waals surface area contributed by atoms with Gasteiger partial charge in [0.05, 0.1) is 34.9 Å². The zero-order chi connectivity index (χ0) is 24.1. The number of anilines is 1. The first-order valence-electron chi connectivity index (χ1n) is 11.4. The summed E-state index contributed by atoms with van der Waals surface area (Å²) in [6.07, 6.45) is 1.31. The van der Waals surface area contributed by atoms with Crippen molar-refractivity contribution in [3.8, 4) is 0 Å². The summed E-state index contributed by atoms with van der Waals surface area (Å²) in [6, 6.07) is 13.0. The minimum atomic E-state index is -3.58. The third-order valence-electron chi connectivity index (χ3n) is 6.26. The first kappa shape index (κ1) is 25.3. The standard InChI is InChI=1S/C24H29Cl2N3O4S/c25-22-8-5-19(14-23(22)26)17-34(31,32)29-9-1-2-20(16-29)24(30)27-15-18-3-6-21(7-4-18)28-10-12-33-13-11-28/h3-8,14,20H,1-2,9-13,15-17H2,(H,27,30). The fourth-order valence-electron chi connectivity index (χ4n) is 4.32. The lowest BCUT2D eigenvalue weighted by atomic mass is 9.98. The van der Waals surface area contributed by atoms with Gasteiger partial charge >= 0.3 is 0 Å². The number of halogens is 2. The molecule has 4 rings (SSSR count). The first-order valence-corrected chi connectivity index (χ1v) is 13.8. The molecule has 1 atom stereocenters. The molecule has 2 saturated heterocycles. The molecule has 2 aromatic rings. The fourth-order valence-corrected chi connectivity index (χ4v) is 6.24. The number of carbonyl (C=O) groups excluding carboxylic acids is 1. The lowest BCUT2D eigenvalue weighted by molar-refractivity contribution is -0.126. The van der Waals surface area contributed by atoms with Gasteiger partial charge in [0.1, 0.15) is 0 Å². The Hall–Kier alpha value is -1.84. The molecule has 184 valence electrons. The number of piperidine rings is 1. The van der Waals surface area contributed by atoms with Gasteiger partial charge in [-0.1, -0.05) is 41.4 Å². The number of sulfonamides is 1. The van der Waals surface area contributed by atoms with Crippen molar-refractivity contribution in [3.63, 3.8) is 0 Å². The van der Waals surface area contributed by atoms with E-state index in [0.717, 1.165) is 37.6 Å². The van der Waals surface area contributed by atoms with Crippen LogP contribution in [0, 0.1) is 5.92 Å². The van der Waals surface area contributed by atoms with Crippen LogP contribution < -0.4 is 10.2 Å². The van der Waals surface area contributed by atoms with Crippen molar-refractivity contribution in [2.75, 3.05) is 44.3 Å². The predicted molar refractivity (Wildman–Crippen MR) is 135 cm³/mol. The SMILES string of the molecule is O=C(NCc1ccc(N2CCOCC2)cc1)C1CCCN(S(=O)(=O)Cc2ccc(Cl)c(Cl)c2)C1. The maximum Gasteiger partial charge on any atom is 0.224 e. The molecular weight excluding hydrogens is 497 g/mol. The van der Waals surface area contributed by atoms with Crippen molar-refractivity contribution in [1.82, 2.24) is 9.62 Å². The Morgan fingerprint density at radius 1 is 1.00 bits per heavy atom. The fraction of sp³-hybridized carbons (Fsp3) is 0.458. The highest BCUT2D eigenvalue weighted by Gasteiger charge is 2.32. The molecule has 2 aliphatic rings. The van der Waals surface area contributed by atoms with Crippen LogP contribution in [0.5, 0.6) is 0 Å². The van der Waals surface area contributed by atoms with Crippen molar-refractivity contribution in [3.05, 3.63) is 63.6 Å². The van der Waals surface area contributed by atoms with Crippen LogP contribution in [0.4, 0.5) is 5.69 Å². The van der Waals surface area contributed by atoms with Crippen molar-refractivity contribution in [2.24, 2.45) is 5.92 Å². The zero-order valence-electron chi connectivity index (χ0n) is 18.9. The van der Waals surface area contributed by atoms with E-state index in [0.29, 0.717) is 41.5 Å². The van der Waals surface area contributed by atoms with E-state index in [9.17, 15) is 13.2 Å². The van der Waals surface area contributed by atoms with Gasteiger partial charge in [0.15, 0.2) is 0 Å². The zero-order valence-corrected chi connectivity index (χ0v) is 21.2. The second-order valence-electron chi connectivity index (χ2n) is 8.69. The van der Waals surface area contributed by atoms with Gasteiger partial charge < -0.3 is 15.0 Å². The number of rotatable bonds is 7. The van der Waals surface area contributed by atoms with E-state index in [1.807, 2.05) is 12.1 Å². The van der Waals surface area contributed by atoms with Crippen LogP contribution in [0.15, 0.2) is 42.5 Å². The highest BCUT2D eigenvalue weighted by Crippen LogP contribution is 2.26. The van der Waals surface area contributed by atoms with E-state index in [4.69, 9.17) is 27.9 Å². The van der Waals surface area contributed by atoms with Gasteiger partial charge in [-0.3, -0.25) is 4.79 Å². The van der Waals surface area contributed by atoms with E-state index in [1.165, 1.54) is 4.31 Å². The Kier molecular flexibility index (Phi) is 8.37. The van der Waals surface area contributed by atoms with Gasteiger partial charge in [-0.05, 0) is 48.2 Å². The molecule has 2 aromatic carbocycles. The van der Waals surface area contributed by atoms with Crippen LogP contribution in [0.3, 0.4) is 0 Å². The predicted octanol–water partition coefficient (Wildman–Crippen LogP) is 3.69. The molecule has 1 unspecified atom stereocenters. The summed E-state index contributed by atoms with van der Waals surface area (Å²) in [4.78, 5) is 15.1. The Balaban J connectivity index is 1.30. The minimum absolute atomic E-state index is 0.119. The van der Waals surface area contributed by atoms with Crippen molar-refractivity contribution >= 4 is 44.8 Å². The molecule has 34 heavy (non-hydrogen) atoms. The van der Waals surface area contributed by atoms with Gasteiger partial charge in [-0.25, -0.2) is 12.7 Å². The maximum absolute atomic E-state index is 13.0. The molecule has 0 aliphatic carbocycles. The second-order valence-corrected chi connectivity index (χ2v) is 11.5. The highest BCUT2D eigenvalue weighted by molar-refractivity contribution is 7.88. The molecule has 7 nitrogen and oxygen atoms in total. The highest BCUT2D eigenvalue weighted by atomic mass is 35.5. The number of carbonyl (C=O) groups is 1. The summed E-state index contributed by atoms with van der Waals surface area (Å²) in [5.41, 5.74) is 2.72. The lowest BCUT2D eigenvalue weighted by Gasteiger charge is -2.31. The number of nitrogens with zero attached hydrogens (tertiary/aromatic N) is 2. The number of ether oxygens (including phenoxy) is 1. The van der Waals surface area contributed by atoms with E-state index in [-0.39, 0.29) is 24.1 Å². The van der Waals surface area contributed by atoms with Crippen LogP contribution >= 0.6 is 23.2 Å². The summed E-state index contributed by atoms with van der Waals surface area (Å²) in [6.45, 7) is 4.24. The second kappa shape index (κ2) is 11.3. The molecular formula is C24H29Cl2N3O4S. The normalized spacial score (nSPS) is 19.7. The van der Waals surface area contributed by atoms with Crippen molar-refractivity contribution in [2.45, 2.75) is 25.1 Å². The number of nitrogens with one attached hydrogen (secondary N) is 1. The van der Waals surface area contributed by atoms with E-state index in [2.05, 4.69) is 22.3 Å². The summed E-state index contributed by atoms with van der Waals surface area (Å²) in [5.74, 6) is -0.662. The monoisotopic (exact) mass is 525 g/mol. The molecule has 1 amide bonds. The summed E-state index contributed by atoms with van der Waals surface area (Å²) >= 11 is 12.0. The summed E-state index contributed by atoms with van der Waals surface area (Å²) in [7, 11) is -3.58. The Bertz CT molecular complexity index is 1110. The quantitative estimate of drug-likeness (QED) is 0.596. The lowest BCUT2D eigenvalue weighted by Crippen LogP contribution is -2.45. The molecule has 0 radical (unpaired) electrons. The van der Waals surface area contributed by atoms with Crippen molar-refractivity contribution < 1.29 is 17.9 Å². The Labute approximate surface area is 211 Å². The molecule has 0 spiro atoms. The number of benzene rings is 2. The molecule has 2 fully saturated rings. The molecule has 2 aliphatic heterocycles. The number of hydrogen-bond donors (Lipinski definition) is 1. The van der Waals surface area contributed by atoms with Gasteiger partial charge in [-0.2, -0.15) is 0 Å². The van der Waals surface area contributed by atoms with Crippen molar-refractivity contribution in [1.29, 1.82) is 0 Å². The smallest absolute Gasteiger partial charge is 0.224 e. The maximum atomic E-state index is 13.0. The van der Waals surface area contributed by atoms with Crippen LogP contribution in [0.2, 0.25) is 10.0 Å². The van der Waals surface area contributed by atoms with E-state index >= 15 is 0 Å². The van der Waals surface area contributed by atoms with Crippen LogP contribution in [-0.2, 0) is 31.9 Å². The van der Waals surface area contributed by atoms with Gasteiger partial charge in [-0.15, -0.1) is 0 Å². The summed E-state index contributed by atoms with van der Waals surface area (Å²) < 4.78 is 32.7. The molecule has 0 aromatic heterocycles. The average molecular weight is 526 g/mol. The van der Waals surface area contributed by atoms with Gasteiger partial charge in [0.25, 0.3) is 0 Å². The number of hydrogen-bond acceptors (Lipinski definition) is 5. The minimum Gasteiger partial charge on any atom is -0.378 e. The molecule has 0 saturated carbocycles. The van der Waals surface area contributed by atoms with Crippen LogP contribution in [0.1, 0.15) is 24.0 Å². The third-order valence-corrected chi connectivity index (χ3v) is 8.82. The van der Waals surface area contributed by atoms with E-state index < -0.39 is 10.0 Å². The third kappa shape index (κ3) is 6.43.